The van der Waals surface area contributed by atoms with Gasteiger partial charge >= 0.3 is 6.09 Å². The van der Waals surface area contributed by atoms with Crippen LogP contribution in [0.3, 0.4) is 0 Å². The molecule has 1 atom stereocenters. The number of likely N-dealkylation sites (N-methyl/N-ethyl adjacent to an activating group) is 1. The van der Waals surface area contributed by atoms with Crippen LogP contribution in [0.4, 0.5) is 4.79 Å². The Bertz CT molecular complexity index is 436. The predicted molar refractivity (Wildman–Crippen MR) is 73.6 cm³/mol. The molecule has 1 aromatic rings. The van der Waals surface area contributed by atoms with E-state index in [1.807, 2.05) is 30.3 Å². The van der Waals surface area contributed by atoms with Gasteiger partial charge in [0.05, 0.1) is 7.11 Å². The maximum atomic E-state index is 11.8. The molecule has 0 aliphatic heterocycles. The molecule has 0 saturated heterocycles. The quantitative estimate of drug-likeness (QED) is 0.805. The second kappa shape index (κ2) is 8.16. The number of rotatable bonds is 6. The molecule has 0 aromatic heterocycles. The van der Waals surface area contributed by atoms with E-state index < -0.39 is 12.1 Å². The first-order chi connectivity index (χ1) is 9.58. The number of benzene rings is 1. The Morgan fingerprint density at radius 2 is 1.95 bits per heavy atom. The standard InChI is InChI=1S/C14H20N2O4/c1-4-12(13(17)16(2)19-3)15-14(18)20-10-11-8-6-5-7-9-11/h5-9,12H,4,10H2,1-3H3,(H,15,18). The summed E-state index contributed by atoms with van der Waals surface area (Å²) in [4.78, 5) is 28.3. The van der Waals surface area contributed by atoms with E-state index in [-0.39, 0.29) is 12.5 Å². The molecular weight excluding hydrogens is 260 g/mol. The van der Waals surface area contributed by atoms with Crippen LogP contribution in [0.5, 0.6) is 0 Å². The fourth-order valence-corrected chi connectivity index (χ4v) is 1.55. The minimum absolute atomic E-state index is 0.164. The minimum atomic E-state index is -0.664. The van der Waals surface area contributed by atoms with E-state index in [0.717, 1.165) is 10.6 Å². The van der Waals surface area contributed by atoms with Crippen molar-refractivity contribution in [1.82, 2.24) is 10.4 Å². The second-order valence-electron chi connectivity index (χ2n) is 4.19. The summed E-state index contributed by atoms with van der Waals surface area (Å²) in [5.41, 5.74) is 0.885. The minimum Gasteiger partial charge on any atom is -0.445 e. The Kier molecular flexibility index (Phi) is 6.52. The van der Waals surface area contributed by atoms with Crippen LogP contribution in [-0.4, -0.2) is 37.3 Å². The van der Waals surface area contributed by atoms with E-state index in [1.54, 1.807) is 6.92 Å². The smallest absolute Gasteiger partial charge is 0.408 e. The van der Waals surface area contributed by atoms with Gasteiger partial charge in [-0.1, -0.05) is 37.3 Å². The SMILES string of the molecule is CCC(NC(=O)OCc1ccccc1)C(=O)N(C)OC. The zero-order chi connectivity index (χ0) is 15.0. The Morgan fingerprint density at radius 3 is 2.50 bits per heavy atom. The van der Waals surface area contributed by atoms with Gasteiger partial charge < -0.3 is 10.1 Å². The zero-order valence-electron chi connectivity index (χ0n) is 12.0. The average Bonchev–Trinajstić information content (AvgIpc) is 2.50. The van der Waals surface area contributed by atoms with E-state index in [9.17, 15) is 9.59 Å². The third-order valence-corrected chi connectivity index (χ3v) is 2.80. The fourth-order valence-electron chi connectivity index (χ4n) is 1.55. The normalized spacial score (nSPS) is 11.6. The largest absolute Gasteiger partial charge is 0.445 e. The molecule has 0 fully saturated rings. The van der Waals surface area contributed by atoms with Crippen LogP contribution in [0.2, 0.25) is 0 Å². The van der Waals surface area contributed by atoms with E-state index in [1.165, 1.54) is 14.2 Å². The number of nitrogens with zero attached hydrogens (tertiary/aromatic N) is 1. The van der Waals surface area contributed by atoms with E-state index in [4.69, 9.17) is 9.57 Å². The van der Waals surface area contributed by atoms with Crippen LogP contribution in [0.15, 0.2) is 30.3 Å². The first-order valence-electron chi connectivity index (χ1n) is 6.37. The van der Waals surface area contributed by atoms with Crippen molar-refractivity contribution in [1.29, 1.82) is 0 Å². The molecular formula is C14H20N2O4. The van der Waals surface area contributed by atoms with E-state index >= 15 is 0 Å². The Hall–Kier alpha value is -2.08. The fraction of sp³-hybridized carbons (Fsp3) is 0.429. The molecule has 6 heteroatoms. The van der Waals surface area contributed by atoms with Crippen molar-refractivity contribution in [2.75, 3.05) is 14.2 Å². The van der Waals surface area contributed by atoms with Crippen molar-refractivity contribution in [3.63, 3.8) is 0 Å². The van der Waals surface area contributed by atoms with Gasteiger partial charge in [0.2, 0.25) is 0 Å². The van der Waals surface area contributed by atoms with Crippen molar-refractivity contribution in [2.45, 2.75) is 26.0 Å². The second-order valence-corrected chi connectivity index (χ2v) is 4.19. The Balaban J connectivity index is 2.45. The molecule has 1 rings (SSSR count). The summed E-state index contributed by atoms with van der Waals surface area (Å²) in [5.74, 6) is -0.327. The van der Waals surface area contributed by atoms with Gasteiger partial charge in [-0.15, -0.1) is 0 Å². The van der Waals surface area contributed by atoms with Gasteiger partial charge in [-0.05, 0) is 12.0 Å². The molecule has 0 saturated carbocycles. The van der Waals surface area contributed by atoms with Crippen molar-refractivity contribution in [3.8, 4) is 0 Å². The highest BCUT2D eigenvalue weighted by Crippen LogP contribution is 2.02. The molecule has 0 spiro atoms. The van der Waals surface area contributed by atoms with Crippen LogP contribution in [0.25, 0.3) is 0 Å². The summed E-state index contributed by atoms with van der Waals surface area (Å²) in [6, 6.07) is 8.66. The first-order valence-corrected chi connectivity index (χ1v) is 6.37. The van der Waals surface area contributed by atoms with Crippen LogP contribution in [-0.2, 0) is 21.0 Å². The van der Waals surface area contributed by atoms with Gasteiger partial charge in [0.25, 0.3) is 5.91 Å². The van der Waals surface area contributed by atoms with Crippen LogP contribution in [0.1, 0.15) is 18.9 Å². The van der Waals surface area contributed by atoms with Gasteiger partial charge in [0, 0.05) is 7.05 Å². The molecule has 1 aromatic carbocycles. The molecule has 1 unspecified atom stereocenters. The highest BCUT2D eigenvalue weighted by molar-refractivity contribution is 5.84. The van der Waals surface area contributed by atoms with E-state index in [0.29, 0.717) is 6.42 Å². The molecule has 0 aliphatic carbocycles. The number of hydrogen-bond acceptors (Lipinski definition) is 4. The van der Waals surface area contributed by atoms with Gasteiger partial charge in [-0.2, -0.15) is 0 Å². The molecule has 1 N–H and O–H groups in total. The third-order valence-electron chi connectivity index (χ3n) is 2.80. The highest BCUT2D eigenvalue weighted by atomic mass is 16.7. The van der Waals surface area contributed by atoms with Gasteiger partial charge in [-0.25, -0.2) is 9.86 Å². The number of nitrogens with one attached hydrogen (secondary N) is 1. The summed E-state index contributed by atoms with van der Waals surface area (Å²) >= 11 is 0. The van der Waals surface area contributed by atoms with Crippen LogP contribution < -0.4 is 5.32 Å². The predicted octanol–water partition coefficient (Wildman–Crippen LogP) is 1.71. The number of alkyl carbamates (subject to hydrolysis) is 1. The zero-order valence-corrected chi connectivity index (χ0v) is 12.0. The summed E-state index contributed by atoms with van der Waals surface area (Å²) < 4.78 is 5.06. The number of ether oxygens (including phenoxy) is 1. The third kappa shape index (κ3) is 4.89. The van der Waals surface area contributed by atoms with Crippen molar-refractivity contribution < 1.29 is 19.2 Å². The van der Waals surface area contributed by atoms with Gasteiger partial charge in [0.15, 0.2) is 0 Å². The molecule has 0 radical (unpaired) electrons. The summed E-state index contributed by atoms with van der Waals surface area (Å²) in [6.45, 7) is 1.96. The Morgan fingerprint density at radius 1 is 1.30 bits per heavy atom. The molecule has 110 valence electrons. The van der Waals surface area contributed by atoms with Crippen molar-refractivity contribution in [3.05, 3.63) is 35.9 Å². The first kappa shape index (κ1) is 16.0. The number of hydrogen-bond donors (Lipinski definition) is 1. The lowest BCUT2D eigenvalue weighted by Gasteiger charge is -2.21. The van der Waals surface area contributed by atoms with Crippen LogP contribution >= 0.6 is 0 Å². The molecule has 20 heavy (non-hydrogen) atoms. The maximum absolute atomic E-state index is 11.8. The van der Waals surface area contributed by atoms with Gasteiger partial charge in [-0.3, -0.25) is 9.63 Å². The van der Waals surface area contributed by atoms with Crippen molar-refractivity contribution >= 4 is 12.0 Å². The molecule has 0 bridgehead atoms. The average molecular weight is 280 g/mol. The lowest BCUT2D eigenvalue weighted by molar-refractivity contribution is -0.171. The number of carbonyl (C=O) groups excluding carboxylic acids is 2. The molecule has 0 aliphatic rings. The molecule has 0 heterocycles. The highest BCUT2D eigenvalue weighted by Gasteiger charge is 2.22. The summed E-state index contributed by atoms with van der Waals surface area (Å²) in [6.07, 6.45) is -0.175. The lowest BCUT2D eigenvalue weighted by Crippen LogP contribution is -2.46. The lowest BCUT2D eigenvalue weighted by atomic mass is 10.2. The molecule has 6 nitrogen and oxygen atoms in total. The maximum Gasteiger partial charge on any atom is 0.408 e. The number of hydroxylamine groups is 2. The topological polar surface area (TPSA) is 67.9 Å². The Labute approximate surface area is 118 Å². The summed E-state index contributed by atoms with van der Waals surface area (Å²) in [5, 5.41) is 3.59. The number of amides is 2. The molecule has 2 amide bonds. The summed E-state index contributed by atoms with van der Waals surface area (Å²) in [7, 11) is 2.88. The van der Waals surface area contributed by atoms with E-state index in [2.05, 4.69) is 5.32 Å². The van der Waals surface area contributed by atoms with Gasteiger partial charge in [0.1, 0.15) is 12.6 Å². The van der Waals surface area contributed by atoms with Crippen molar-refractivity contribution in [2.24, 2.45) is 0 Å². The monoisotopic (exact) mass is 280 g/mol. The number of carbonyl (C=O) groups is 2. The van der Waals surface area contributed by atoms with Crippen LogP contribution in [0, 0.1) is 0 Å².